The van der Waals surface area contributed by atoms with Crippen LogP contribution in [0.15, 0.2) is 12.4 Å². The molecule has 0 radical (unpaired) electrons. The van der Waals surface area contributed by atoms with Crippen molar-refractivity contribution in [3.63, 3.8) is 0 Å². The number of aliphatic hydroxyl groups excluding tert-OH is 1. The molecule has 0 aliphatic carbocycles. The van der Waals surface area contributed by atoms with Gasteiger partial charge < -0.3 is 10.0 Å². The van der Waals surface area contributed by atoms with Gasteiger partial charge >= 0.3 is 0 Å². The highest BCUT2D eigenvalue weighted by atomic mass is 79.9. The number of quaternary nitrogens is 1. The van der Waals surface area contributed by atoms with Gasteiger partial charge in [0.15, 0.2) is 6.67 Å². The molecular formula is C6H12BrN2O+. The largest absolute Gasteiger partial charge is 0.390 e. The molecule has 0 aromatic heterocycles. The van der Waals surface area contributed by atoms with Crippen LogP contribution in [-0.2, 0) is 0 Å². The van der Waals surface area contributed by atoms with E-state index in [2.05, 4.69) is 21.0 Å². The van der Waals surface area contributed by atoms with Crippen LogP contribution in [0.3, 0.4) is 0 Å². The van der Waals surface area contributed by atoms with E-state index in [1.165, 1.54) is 0 Å². The predicted octanol–water partition coefficient (Wildman–Crippen LogP) is 0.480. The highest BCUT2D eigenvalue weighted by Crippen LogP contribution is 2.21. The summed E-state index contributed by atoms with van der Waals surface area (Å²) in [6.07, 6.45) is 4.03. The maximum absolute atomic E-state index is 8.68. The van der Waals surface area contributed by atoms with Crippen molar-refractivity contribution in [2.75, 3.05) is 26.9 Å². The smallest absolute Gasteiger partial charge is 0.234 e. The van der Waals surface area contributed by atoms with Crippen LogP contribution in [-0.4, -0.2) is 40.4 Å². The lowest BCUT2D eigenvalue weighted by Gasteiger charge is -2.21. The monoisotopic (exact) mass is 207 g/mol. The Morgan fingerprint density at radius 3 is 2.90 bits per heavy atom. The fourth-order valence-corrected chi connectivity index (χ4v) is 1.63. The molecule has 1 N–H and O–H groups in total. The normalized spacial score (nSPS) is 31.7. The molecule has 58 valence electrons. The standard InChI is InChI=1S/C6H12BrN2O/c1-8-2-3-9(7,6-8)4-5-10/h2-3,10H,4-6H2,1H3/q+1. The van der Waals surface area contributed by atoms with Crippen molar-refractivity contribution < 1.29 is 8.62 Å². The summed E-state index contributed by atoms with van der Waals surface area (Å²) in [4.78, 5) is 2.07. The first-order valence-corrected chi connectivity index (χ1v) is 3.94. The molecule has 0 spiro atoms. The molecule has 4 heteroatoms. The Balaban J connectivity index is 2.48. The lowest BCUT2D eigenvalue weighted by atomic mass is 10.6. The second-order valence-electron chi connectivity index (χ2n) is 2.57. The summed E-state index contributed by atoms with van der Waals surface area (Å²) < 4.78 is 0.639. The van der Waals surface area contributed by atoms with Gasteiger partial charge in [0.25, 0.3) is 0 Å². The Bertz CT molecular complexity index is 151. The second-order valence-corrected chi connectivity index (χ2v) is 3.98. The molecule has 1 unspecified atom stereocenters. The zero-order valence-electron chi connectivity index (χ0n) is 6.00. The first-order chi connectivity index (χ1) is 4.66. The molecular weight excluding hydrogens is 196 g/mol. The van der Waals surface area contributed by atoms with Crippen LogP contribution in [0.1, 0.15) is 0 Å². The van der Waals surface area contributed by atoms with Gasteiger partial charge in [-0.05, 0) is 0 Å². The molecule has 0 saturated carbocycles. The summed E-state index contributed by atoms with van der Waals surface area (Å²) in [6.45, 7) is 1.82. The van der Waals surface area contributed by atoms with Crippen molar-refractivity contribution >= 4 is 16.1 Å². The van der Waals surface area contributed by atoms with Crippen molar-refractivity contribution in [1.82, 2.24) is 4.90 Å². The van der Waals surface area contributed by atoms with Gasteiger partial charge in [-0.25, -0.2) is 3.51 Å². The summed E-state index contributed by atoms with van der Waals surface area (Å²) in [6, 6.07) is 0. The summed E-state index contributed by atoms with van der Waals surface area (Å²) in [5.41, 5.74) is 0. The van der Waals surface area contributed by atoms with E-state index < -0.39 is 0 Å². The maximum Gasteiger partial charge on any atom is 0.234 e. The number of rotatable bonds is 2. The van der Waals surface area contributed by atoms with Crippen molar-refractivity contribution in [3.05, 3.63) is 12.4 Å². The Hall–Kier alpha value is -0.0600. The van der Waals surface area contributed by atoms with E-state index in [-0.39, 0.29) is 6.61 Å². The van der Waals surface area contributed by atoms with Crippen molar-refractivity contribution in [2.45, 2.75) is 0 Å². The average molecular weight is 208 g/mol. The van der Waals surface area contributed by atoms with Gasteiger partial charge in [0.1, 0.15) is 12.7 Å². The summed E-state index contributed by atoms with van der Waals surface area (Å²) in [5, 5.41) is 8.68. The zero-order valence-corrected chi connectivity index (χ0v) is 7.58. The van der Waals surface area contributed by atoms with Gasteiger partial charge in [-0.15, -0.1) is 0 Å². The lowest BCUT2D eigenvalue weighted by Crippen LogP contribution is -2.36. The molecule has 1 heterocycles. The van der Waals surface area contributed by atoms with E-state index in [9.17, 15) is 0 Å². The minimum Gasteiger partial charge on any atom is -0.390 e. The Morgan fingerprint density at radius 1 is 1.80 bits per heavy atom. The first kappa shape index (κ1) is 8.04. The first-order valence-electron chi connectivity index (χ1n) is 3.23. The van der Waals surface area contributed by atoms with Crippen LogP contribution in [0.4, 0.5) is 0 Å². The Kier molecular flexibility index (Phi) is 2.33. The number of aliphatic hydroxyl groups is 1. The van der Waals surface area contributed by atoms with E-state index in [0.717, 1.165) is 13.2 Å². The third-order valence-electron chi connectivity index (χ3n) is 1.52. The van der Waals surface area contributed by atoms with Crippen LogP contribution in [0, 0.1) is 0 Å². The molecule has 3 nitrogen and oxygen atoms in total. The van der Waals surface area contributed by atoms with Crippen LogP contribution in [0.2, 0.25) is 0 Å². The Labute approximate surface area is 69.5 Å². The average Bonchev–Trinajstić information content (AvgIpc) is 2.12. The van der Waals surface area contributed by atoms with Crippen LogP contribution in [0.5, 0.6) is 0 Å². The second kappa shape index (κ2) is 2.90. The minimum atomic E-state index is 0.212. The number of hydrogen-bond acceptors (Lipinski definition) is 2. The summed E-state index contributed by atoms with van der Waals surface area (Å²) in [7, 11) is 2.01. The number of halogens is 1. The highest BCUT2D eigenvalue weighted by molar-refractivity contribution is 9.05. The van der Waals surface area contributed by atoms with Crippen LogP contribution in [0.25, 0.3) is 0 Å². The van der Waals surface area contributed by atoms with Crippen LogP contribution < -0.4 is 0 Å². The van der Waals surface area contributed by atoms with Gasteiger partial charge in [0.2, 0.25) is 16.1 Å². The molecule has 0 amide bonds. The maximum atomic E-state index is 8.68. The molecule has 1 aliphatic rings. The Morgan fingerprint density at radius 2 is 2.50 bits per heavy atom. The van der Waals surface area contributed by atoms with E-state index in [1.807, 2.05) is 19.4 Å². The molecule has 0 aromatic rings. The van der Waals surface area contributed by atoms with Gasteiger partial charge in [0, 0.05) is 7.05 Å². The minimum absolute atomic E-state index is 0.212. The SMILES string of the molecule is CN1C=C[N+](Br)(CCO)C1. The molecule has 1 aliphatic heterocycles. The molecule has 1 atom stereocenters. The molecule has 0 aromatic carbocycles. The number of hydrogen-bond donors (Lipinski definition) is 1. The highest BCUT2D eigenvalue weighted by Gasteiger charge is 2.27. The van der Waals surface area contributed by atoms with E-state index >= 15 is 0 Å². The van der Waals surface area contributed by atoms with E-state index in [1.54, 1.807) is 0 Å². The molecule has 0 fully saturated rings. The van der Waals surface area contributed by atoms with Crippen molar-refractivity contribution in [2.24, 2.45) is 0 Å². The van der Waals surface area contributed by atoms with Gasteiger partial charge in [-0.3, -0.25) is 0 Å². The van der Waals surface area contributed by atoms with Gasteiger partial charge in [-0.2, -0.15) is 0 Å². The predicted molar refractivity (Wildman–Crippen MR) is 42.9 cm³/mol. The van der Waals surface area contributed by atoms with Gasteiger partial charge in [-0.1, -0.05) is 0 Å². The molecule has 0 saturated heterocycles. The third kappa shape index (κ3) is 1.71. The zero-order chi connectivity index (χ0) is 7.61. The van der Waals surface area contributed by atoms with E-state index in [4.69, 9.17) is 5.11 Å². The summed E-state index contributed by atoms with van der Waals surface area (Å²) in [5.74, 6) is 0. The fraction of sp³-hybridized carbons (Fsp3) is 0.667. The molecule has 0 bridgehead atoms. The number of nitrogens with zero attached hydrogens (tertiary/aromatic N) is 2. The van der Waals surface area contributed by atoms with Crippen molar-refractivity contribution in [1.29, 1.82) is 0 Å². The lowest BCUT2D eigenvalue weighted by molar-refractivity contribution is -0.727. The summed E-state index contributed by atoms with van der Waals surface area (Å²) >= 11 is 3.50. The van der Waals surface area contributed by atoms with E-state index in [0.29, 0.717) is 3.51 Å². The third-order valence-corrected chi connectivity index (χ3v) is 2.33. The molecule has 10 heavy (non-hydrogen) atoms. The van der Waals surface area contributed by atoms with Crippen LogP contribution >= 0.6 is 16.1 Å². The van der Waals surface area contributed by atoms with Crippen molar-refractivity contribution in [3.8, 4) is 0 Å². The molecule has 1 rings (SSSR count). The van der Waals surface area contributed by atoms with Gasteiger partial charge in [0.05, 0.1) is 12.8 Å². The fourth-order valence-electron chi connectivity index (χ4n) is 1.01. The topological polar surface area (TPSA) is 23.5 Å². The quantitative estimate of drug-likeness (QED) is 0.667.